The molecule has 1 N–H and O–H groups in total. The van der Waals surface area contributed by atoms with E-state index in [0.29, 0.717) is 5.56 Å². The van der Waals surface area contributed by atoms with Crippen molar-refractivity contribution >= 4 is 23.3 Å². The first kappa shape index (κ1) is 19.7. The van der Waals surface area contributed by atoms with Crippen LogP contribution in [0.15, 0.2) is 24.3 Å². The molecule has 25 heavy (non-hydrogen) atoms. The minimum Gasteiger partial charge on any atom is -0.598 e. The van der Waals surface area contributed by atoms with E-state index >= 15 is 0 Å². The first-order valence-electron chi connectivity index (χ1n) is 7.86. The Labute approximate surface area is 149 Å². The van der Waals surface area contributed by atoms with E-state index in [9.17, 15) is 18.5 Å². The molecule has 138 valence electrons. The van der Waals surface area contributed by atoms with Crippen molar-refractivity contribution in [3.63, 3.8) is 0 Å². The first-order valence-corrected chi connectivity index (χ1v) is 9.42. The zero-order chi connectivity index (χ0) is 18.8. The van der Waals surface area contributed by atoms with Gasteiger partial charge in [-0.1, -0.05) is 18.2 Å². The number of cyclic esters (lactones) is 2. The summed E-state index contributed by atoms with van der Waals surface area (Å²) in [5.41, 5.74) is -0.721. The SMILES string of the molecule is C[S+]([O-])N[C@@](C)(CCC1C(=O)OC(C)(C)OC1=O)c1ccccc1F. The van der Waals surface area contributed by atoms with Crippen LogP contribution in [0.5, 0.6) is 0 Å². The van der Waals surface area contributed by atoms with Crippen molar-refractivity contribution in [2.75, 3.05) is 6.26 Å². The summed E-state index contributed by atoms with van der Waals surface area (Å²) in [4.78, 5) is 24.2. The lowest BCUT2D eigenvalue weighted by molar-refractivity contribution is -0.240. The van der Waals surface area contributed by atoms with Gasteiger partial charge >= 0.3 is 11.9 Å². The van der Waals surface area contributed by atoms with Gasteiger partial charge in [0.05, 0.1) is 5.54 Å². The number of carbonyl (C=O) groups excluding carboxylic acids is 2. The number of halogens is 1. The summed E-state index contributed by atoms with van der Waals surface area (Å²) in [7, 11) is 0. The lowest BCUT2D eigenvalue weighted by Gasteiger charge is -2.35. The van der Waals surface area contributed by atoms with E-state index in [0.717, 1.165) is 0 Å². The Balaban J connectivity index is 2.20. The molecule has 6 nitrogen and oxygen atoms in total. The fourth-order valence-corrected chi connectivity index (χ4v) is 3.73. The van der Waals surface area contributed by atoms with Crippen LogP contribution in [0.1, 0.15) is 39.2 Å². The zero-order valence-corrected chi connectivity index (χ0v) is 15.4. The highest BCUT2D eigenvalue weighted by Gasteiger charge is 2.44. The van der Waals surface area contributed by atoms with Crippen LogP contribution in [0.25, 0.3) is 0 Å². The van der Waals surface area contributed by atoms with Gasteiger partial charge in [0.2, 0.25) is 0 Å². The standard InChI is InChI=1S/C17H22FNO5S/c1-16(2)23-14(20)11(15(21)24-16)9-10-17(3,19-25(4)22)12-7-5-6-8-13(12)18/h5-8,11,19H,9-10H2,1-4H3/t17-,25?/m0/s1. The van der Waals surface area contributed by atoms with E-state index in [1.165, 1.54) is 26.2 Å². The fourth-order valence-electron chi connectivity index (χ4n) is 2.88. The second kappa shape index (κ2) is 7.31. The molecule has 0 spiro atoms. The maximum absolute atomic E-state index is 14.2. The molecule has 0 radical (unpaired) electrons. The van der Waals surface area contributed by atoms with Crippen molar-refractivity contribution in [1.29, 1.82) is 0 Å². The van der Waals surface area contributed by atoms with Crippen LogP contribution in [0.2, 0.25) is 0 Å². The Kier molecular flexibility index (Phi) is 5.75. The van der Waals surface area contributed by atoms with Gasteiger partial charge in [0.1, 0.15) is 12.1 Å². The van der Waals surface area contributed by atoms with Gasteiger partial charge in [-0.15, -0.1) is 4.72 Å². The normalized spacial score (nSPS) is 21.2. The zero-order valence-electron chi connectivity index (χ0n) is 14.6. The number of hydrogen-bond donors (Lipinski definition) is 1. The minimum absolute atomic E-state index is 0.0722. The molecule has 2 rings (SSSR count). The van der Waals surface area contributed by atoms with E-state index in [2.05, 4.69) is 4.72 Å². The molecule has 0 amide bonds. The number of nitrogens with one attached hydrogen (secondary N) is 1. The highest BCUT2D eigenvalue weighted by Crippen LogP contribution is 2.33. The molecule has 1 fully saturated rings. The quantitative estimate of drug-likeness (QED) is 0.468. The van der Waals surface area contributed by atoms with Crippen LogP contribution in [0.4, 0.5) is 4.39 Å². The third-order valence-corrected chi connectivity index (χ3v) is 4.77. The predicted octanol–water partition coefficient (Wildman–Crippen LogP) is 2.16. The molecule has 0 bridgehead atoms. The van der Waals surface area contributed by atoms with E-state index in [-0.39, 0.29) is 12.8 Å². The molecular formula is C17H22FNO5S. The summed E-state index contributed by atoms with van der Waals surface area (Å²) in [6, 6.07) is 6.11. The van der Waals surface area contributed by atoms with Crippen molar-refractivity contribution in [2.24, 2.45) is 5.92 Å². The molecule has 2 atom stereocenters. The number of carbonyl (C=O) groups is 2. The average molecular weight is 371 g/mol. The van der Waals surface area contributed by atoms with Gasteiger partial charge in [-0.3, -0.25) is 9.59 Å². The van der Waals surface area contributed by atoms with E-state index in [4.69, 9.17) is 9.47 Å². The fraction of sp³-hybridized carbons (Fsp3) is 0.529. The van der Waals surface area contributed by atoms with Crippen LogP contribution >= 0.6 is 0 Å². The number of esters is 2. The lowest BCUT2D eigenvalue weighted by atomic mass is 9.85. The third-order valence-electron chi connectivity index (χ3n) is 4.03. The van der Waals surface area contributed by atoms with Gasteiger partial charge in [-0.2, -0.15) is 0 Å². The predicted molar refractivity (Wildman–Crippen MR) is 89.9 cm³/mol. The first-order chi connectivity index (χ1) is 11.5. The van der Waals surface area contributed by atoms with Crippen LogP contribution in [-0.2, 0) is 36.0 Å². The summed E-state index contributed by atoms with van der Waals surface area (Å²) in [5, 5.41) is 0. The molecule has 0 aliphatic carbocycles. The Morgan fingerprint density at radius 3 is 2.36 bits per heavy atom. The van der Waals surface area contributed by atoms with E-state index in [1.807, 2.05) is 0 Å². The molecule has 1 aliphatic rings. The van der Waals surface area contributed by atoms with Crippen LogP contribution < -0.4 is 4.72 Å². The summed E-state index contributed by atoms with van der Waals surface area (Å²) in [6.07, 6.45) is 1.69. The third kappa shape index (κ3) is 4.71. The Bertz CT molecular complexity index is 646. The average Bonchev–Trinajstić information content (AvgIpc) is 2.44. The van der Waals surface area contributed by atoms with Crippen molar-refractivity contribution in [1.82, 2.24) is 4.72 Å². The van der Waals surface area contributed by atoms with Crippen LogP contribution in [-0.4, -0.2) is 28.5 Å². The van der Waals surface area contributed by atoms with Gasteiger partial charge < -0.3 is 14.0 Å². The highest BCUT2D eigenvalue weighted by atomic mass is 32.2. The maximum Gasteiger partial charge on any atom is 0.323 e. The summed E-state index contributed by atoms with van der Waals surface area (Å²) in [6.45, 7) is 4.63. The Hall–Kier alpha value is -1.64. The number of hydrogen-bond acceptors (Lipinski definition) is 6. The molecule has 1 aromatic rings. The molecular weight excluding hydrogens is 349 g/mol. The van der Waals surface area contributed by atoms with Gasteiger partial charge in [0.25, 0.3) is 5.79 Å². The topological polar surface area (TPSA) is 87.7 Å². The maximum atomic E-state index is 14.2. The molecule has 1 aliphatic heterocycles. The van der Waals surface area contributed by atoms with Gasteiger partial charge in [-0.05, 0) is 25.8 Å². The van der Waals surface area contributed by atoms with E-state index < -0.39 is 46.4 Å². The number of rotatable bonds is 6. The monoisotopic (exact) mass is 371 g/mol. The summed E-state index contributed by atoms with van der Waals surface area (Å²) in [5.74, 6) is -4.18. The van der Waals surface area contributed by atoms with Gasteiger partial charge in [0, 0.05) is 30.8 Å². The van der Waals surface area contributed by atoms with Crippen molar-refractivity contribution in [2.45, 2.75) is 44.9 Å². The van der Waals surface area contributed by atoms with Crippen LogP contribution in [0, 0.1) is 11.7 Å². The van der Waals surface area contributed by atoms with E-state index in [1.54, 1.807) is 25.1 Å². The summed E-state index contributed by atoms with van der Waals surface area (Å²) < 4.78 is 39.0. The Morgan fingerprint density at radius 1 is 1.28 bits per heavy atom. The van der Waals surface area contributed by atoms with Crippen molar-refractivity contribution in [3.05, 3.63) is 35.6 Å². The molecule has 0 aromatic heterocycles. The molecule has 1 aromatic carbocycles. The van der Waals surface area contributed by atoms with Gasteiger partial charge in [-0.25, -0.2) is 4.39 Å². The second-order valence-corrected chi connectivity index (χ2v) is 7.81. The highest BCUT2D eigenvalue weighted by molar-refractivity contribution is 7.88. The molecule has 1 heterocycles. The smallest absolute Gasteiger partial charge is 0.323 e. The number of benzene rings is 1. The molecule has 0 saturated carbocycles. The van der Waals surface area contributed by atoms with Gasteiger partial charge in [0.15, 0.2) is 5.92 Å². The lowest BCUT2D eigenvalue weighted by Crippen LogP contribution is -2.48. The molecule has 8 heteroatoms. The second-order valence-electron chi connectivity index (χ2n) is 6.70. The largest absolute Gasteiger partial charge is 0.598 e. The van der Waals surface area contributed by atoms with Crippen molar-refractivity contribution < 1.29 is 28.0 Å². The summed E-state index contributed by atoms with van der Waals surface area (Å²) >= 11 is -1.43. The number of ether oxygens (including phenoxy) is 2. The van der Waals surface area contributed by atoms with Crippen LogP contribution in [0.3, 0.4) is 0 Å². The van der Waals surface area contributed by atoms with Crippen molar-refractivity contribution in [3.8, 4) is 0 Å². The Morgan fingerprint density at radius 2 is 1.84 bits per heavy atom. The molecule has 1 unspecified atom stereocenters. The molecule has 1 saturated heterocycles. The minimum atomic E-state index is -1.43.